The zero-order chi connectivity index (χ0) is 25.5. The number of aromatic nitrogens is 3. The molecule has 37 heavy (non-hydrogen) atoms. The number of anilines is 1. The van der Waals surface area contributed by atoms with Crippen molar-refractivity contribution in [3.8, 4) is 17.0 Å². The van der Waals surface area contributed by atoms with Crippen molar-refractivity contribution in [2.75, 3.05) is 25.1 Å². The molecule has 2 aromatic heterocycles. The summed E-state index contributed by atoms with van der Waals surface area (Å²) in [7, 11) is 0.541. The van der Waals surface area contributed by atoms with E-state index in [9.17, 15) is 14.7 Å². The number of fused-ring (bicyclic) bond motifs is 2. The minimum Gasteiger partial charge on any atom is -0.507 e. The third-order valence-electron chi connectivity index (χ3n) is 7.40. The lowest BCUT2D eigenvalue weighted by molar-refractivity contribution is -0.133. The average Bonchev–Trinajstić information content (AvgIpc) is 3.50. The SMILES string of the molecule is CPc1cnn2c(NC3CCN(C(=O)C4CC(=O)c5ccccc54)CC3)cc(-c3ccccc3O)nc12. The number of benzene rings is 2. The Kier molecular flexibility index (Phi) is 6.13. The zero-order valence-electron chi connectivity index (χ0n) is 20.5. The van der Waals surface area contributed by atoms with E-state index in [2.05, 4.69) is 17.1 Å². The maximum absolute atomic E-state index is 13.3. The van der Waals surface area contributed by atoms with Crippen LogP contribution in [0.4, 0.5) is 5.82 Å². The van der Waals surface area contributed by atoms with Gasteiger partial charge in [-0.25, -0.2) is 4.98 Å². The number of carbonyl (C=O) groups is 2. The fourth-order valence-corrected chi connectivity index (χ4v) is 6.00. The van der Waals surface area contributed by atoms with Crippen molar-refractivity contribution >= 4 is 37.0 Å². The predicted molar refractivity (Wildman–Crippen MR) is 145 cm³/mol. The highest BCUT2D eigenvalue weighted by Crippen LogP contribution is 2.35. The number of nitrogens with zero attached hydrogens (tertiary/aromatic N) is 4. The Morgan fingerprint density at radius 3 is 2.57 bits per heavy atom. The van der Waals surface area contributed by atoms with Crippen molar-refractivity contribution in [2.45, 2.75) is 31.2 Å². The summed E-state index contributed by atoms with van der Waals surface area (Å²) in [5.41, 5.74) is 3.68. The first-order valence-electron chi connectivity index (χ1n) is 12.6. The molecule has 2 unspecified atom stereocenters. The summed E-state index contributed by atoms with van der Waals surface area (Å²) in [6.45, 7) is 3.36. The van der Waals surface area contributed by atoms with E-state index in [0.717, 1.165) is 35.2 Å². The number of nitrogens with one attached hydrogen (secondary N) is 1. The van der Waals surface area contributed by atoms with Crippen LogP contribution in [-0.4, -0.2) is 62.1 Å². The molecule has 8 nitrogen and oxygen atoms in total. The van der Waals surface area contributed by atoms with Gasteiger partial charge in [0, 0.05) is 48.0 Å². The Morgan fingerprint density at radius 1 is 1.08 bits per heavy atom. The van der Waals surface area contributed by atoms with Crippen molar-refractivity contribution in [1.29, 1.82) is 0 Å². The standard InChI is InChI=1S/C28H28N5O3P/c1-37-25-16-29-33-26(15-22(31-27(25)33)20-8-4-5-9-23(20)34)30-17-10-12-32(13-11-17)28(36)21-14-24(35)19-7-3-2-6-18(19)21/h2-9,15-17,21,30,34,37H,10-14H2,1H3. The lowest BCUT2D eigenvalue weighted by Crippen LogP contribution is -2.44. The molecule has 6 rings (SSSR count). The topological polar surface area (TPSA) is 99.8 Å². The molecule has 0 spiro atoms. The molecular formula is C28H28N5O3P. The Morgan fingerprint density at radius 2 is 1.81 bits per heavy atom. The predicted octanol–water partition coefficient (Wildman–Crippen LogP) is 3.81. The molecule has 0 radical (unpaired) electrons. The molecule has 0 bridgehead atoms. The molecule has 2 atom stereocenters. The maximum atomic E-state index is 13.3. The molecule has 9 heteroatoms. The Bertz CT molecular complexity index is 1510. The van der Waals surface area contributed by atoms with Gasteiger partial charge in [0.1, 0.15) is 11.6 Å². The number of likely N-dealkylation sites (tertiary alicyclic amines) is 1. The summed E-state index contributed by atoms with van der Waals surface area (Å²) >= 11 is 0. The van der Waals surface area contributed by atoms with Crippen molar-refractivity contribution in [1.82, 2.24) is 19.5 Å². The van der Waals surface area contributed by atoms with E-state index >= 15 is 0 Å². The van der Waals surface area contributed by atoms with Crippen molar-refractivity contribution in [3.63, 3.8) is 0 Å². The molecule has 1 fully saturated rings. The number of Topliss-reactive ketones (excluding diaryl/α,β-unsaturated/α-hetero) is 1. The van der Waals surface area contributed by atoms with Crippen LogP contribution in [0.5, 0.6) is 5.75 Å². The number of aromatic hydroxyl groups is 1. The van der Waals surface area contributed by atoms with E-state index < -0.39 is 0 Å². The molecular weight excluding hydrogens is 485 g/mol. The van der Waals surface area contributed by atoms with Crippen molar-refractivity contribution < 1.29 is 14.7 Å². The minimum atomic E-state index is -0.369. The van der Waals surface area contributed by atoms with Crippen molar-refractivity contribution in [2.24, 2.45) is 0 Å². The number of rotatable bonds is 5. The largest absolute Gasteiger partial charge is 0.507 e. The van der Waals surface area contributed by atoms with Gasteiger partial charge in [-0.05, 0) is 37.2 Å². The number of ketones is 1. The van der Waals surface area contributed by atoms with Gasteiger partial charge in [-0.15, -0.1) is 0 Å². The first-order chi connectivity index (χ1) is 18.0. The van der Waals surface area contributed by atoms with Crippen molar-refractivity contribution in [3.05, 3.63) is 71.9 Å². The van der Waals surface area contributed by atoms with Gasteiger partial charge in [-0.2, -0.15) is 9.61 Å². The molecule has 2 aromatic carbocycles. The van der Waals surface area contributed by atoms with Gasteiger partial charge in [-0.1, -0.05) is 45.0 Å². The monoisotopic (exact) mass is 513 g/mol. The van der Waals surface area contributed by atoms with E-state index in [4.69, 9.17) is 4.98 Å². The fourth-order valence-electron chi connectivity index (χ4n) is 5.42. The van der Waals surface area contributed by atoms with Crippen LogP contribution in [0.15, 0.2) is 60.8 Å². The number of piperidine rings is 1. The normalized spacial score (nSPS) is 18.1. The number of phenolic OH excluding ortho intramolecular Hbond substituents is 1. The second-order valence-corrected chi connectivity index (χ2v) is 10.6. The first-order valence-corrected chi connectivity index (χ1v) is 14.1. The van der Waals surface area contributed by atoms with Gasteiger partial charge in [0.15, 0.2) is 11.4 Å². The summed E-state index contributed by atoms with van der Waals surface area (Å²) < 4.78 is 1.83. The number of phenols is 1. The average molecular weight is 514 g/mol. The molecule has 3 heterocycles. The van der Waals surface area contributed by atoms with Crippen LogP contribution < -0.4 is 10.6 Å². The Balaban J connectivity index is 1.21. The van der Waals surface area contributed by atoms with Crippen LogP contribution in [0.2, 0.25) is 0 Å². The van der Waals surface area contributed by atoms with Gasteiger partial charge < -0.3 is 15.3 Å². The van der Waals surface area contributed by atoms with Crippen LogP contribution in [0, 0.1) is 0 Å². The molecule has 1 saturated heterocycles. The summed E-state index contributed by atoms with van der Waals surface area (Å²) in [5.74, 6) is 0.729. The second-order valence-electron chi connectivity index (χ2n) is 9.60. The number of para-hydroxylation sites is 1. The van der Waals surface area contributed by atoms with E-state index in [-0.39, 0.29) is 35.8 Å². The van der Waals surface area contributed by atoms with E-state index in [1.54, 1.807) is 12.1 Å². The molecule has 1 aliphatic carbocycles. The number of amides is 1. The van der Waals surface area contributed by atoms with Crippen LogP contribution in [0.3, 0.4) is 0 Å². The third-order valence-corrected chi connectivity index (χ3v) is 8.30. The molecule has 0 saturated carbocycles. The molecule has 4 aromatic rings. The van der Waals surface area contributed by atoms with Gasteiger partial charge in [-0.3, -0.25) is 9.59 Å². The van der Waals surface area contributed by atoms with E-state index in [1.807, 2.05) is 58.1 Å². The van der Waals surface area contributed by atoms with Gasteiger partial charge >= 0.3 is 0 Å². The molecule has 1 aliphatic heterocycles. The summed E-state index contributed by atoms with van der Waals surface area (Å²) in [5, 5.41) is 19.7. The van der Waals surface area contributed by atoms with E-state index in [0.29, 0.717) is 38.5 Å². The lowest BCUT2D eigenvalue weighted by Gasteiger charge is -2.34. The highest BCUT2D eigenvalue weighted by Gasteiger charge is 2.37. The lowest BCUT2D eigenvalue weighted by atomic mass is 9.97. The van der Waals surface area contributed by atoms with Crippen LogP contribution >= 0.6 is 8.58 Å². The van der Waals surface area contributed by atoms with Crippen LogP contribution in [0.25, 0.3) is 16.9 Å². The summed E-state index contributed by atoms with van der Waals surface area (Å²) in [6, 6.07) is 16.8. The Labute approximate surface area is 216 Å². The van der Waals surface area contributed by atoms with Gasteiger partial charge in [0.05, 0.1) is 17.8 Å². The number of carbonyl (C=O) groups excluding carboxylic acids is 2. The fraction of sp³-hybridized carbons (Fsp3) is 0.286. The van der Waals surface area contributed by atoms with E-state index in [1.165, 1.54) is 0 Å². The Hall–Kier alpha value is -3.77. The molecule has 188 valence electrons. The molecule has 2 aliphatic rings. The highest BCUT2D eigenvalue weighted by molar-refractivity contribution is 7.46. The quantitative estimate of drug-likeness (QED) is 0.394. The second kappa shape index (κ2) is 9.60. The molecule has 2 N–H and O–H groups in total. The maximum Gasteiger partial charge on any atom is 0.230 e. The molecule has 1 amide bonds. The highest BCUT2D eigenvalue weighted by atomic mass is 31.1. The van der Waals surface area contributed by atoms with Gasteiger partial charge in [0.2, 0.25) is 5.91 Å². The van der Waals surface area contributed by atoms with Gasteiger partial charge in [0.25, 0.3) is 0 Å². The summed E-state index contributed by atoms with van der Waals surface area (Å²) in [4.78, 5) is 32.4. The van der Waals surface area contributed by atoms with Crippen LogP contribution in [-0.2, 0) is 4.79 Å². The number of hydrogen-bond donors (Lipinski definition) is 2. The number of hydrogen-bond acceptors (Lipinski definition) is 6. The third kappa shape index (κ3) is 4.25. The summed E-state index contributed by atoms with van der Waals surface area (Å²) in [6.07, 6.45) is 3.68. The first kappa shape index (κ1) is 23.6. The zero-order valence-corrected chi connectivity index (χ0v) is 21.5. The van der Waals surface area contributed by atoms with Crippen LogP contribution in [0.1, 0.15) is 41.1 Å². The minimum absolute atomic E-state index is 0.0468. The smallest absolute Gasteiger partial charge is 0.230 e.